The van der Waals surface area contributed by atoms with Gasteiger partial charge in [0.15, 0.2) is 0 Å². The smallest absolute Gasteiger partial charge is 0.254 e. The molecule has 3 heterocycles. The number of rotatable bonds is 7. The topological polar surface area (TPSA) is 68.0 Å². The van der Waals surface area contributed by atoms with Crippen molar-refractivity contribution in [1.82, 2.24) is 10.1 Å². The third-order valence-corrected chi connectivity index (χ3v) is 6.34. The van der Waals surface area contributed by atoms with Gasteiger partial charge in [0.05, 0.1) is 31.4 Å². The minimum Gasteiger partial charge on any atom is -0.378 e. The maximum absolute atomic E-state index is 13.9. The van der Waals surface area contributed by atoms with Crippen molar-refractivity contribution >= 4 is 11.8 Å². The summed E-state index contributed by atoms with van der Waals surface area (Å²) in [6.45, 7) is 3.52. The van der Waals surface area contributed by atoms with E-state index in [1.807, 2.05) is 4.90 Å². The van der Waals surface area contributed by atoms with Gasteiger partial charge < -0.3 is 23.8 Å². The average molecular weight is 484 g/mol. The summed E-state index contributed by atoms with van der Waals surface area (Å²) in [7, 11) is 0. The highest BCUT2D eigenvalue weighted by Crippen LogP contribution is 2.34. The van der Waals surface area contributed by atoms with Crippen LogP contribution in [0.15, 0.2) is 53.1 Å². The second kappa shape index (κ2) is 10.5. The number of aromatic nitrogens is 1. The molecule has 2 aromatic carbocycles. The number of anilines is 1. The fourth-order valence-electron chi connectivity index (χ4n) is 4.54. The summed E-state index contributed by atoms with van der Waals surface area (Å²) in [5.74, 6) is -0.580. The molecule has 1 amide bonds. The van der Waals surface area contributed by atoms with Crippen LogP contribution in [0.4, 0.5) is 14.7 Å². The second-order valence-corrected chi connectivity index (χ2v) is 8.75. The molecule has 0 aliphatic carbocycles. The van der Waals surface area contributed by atoms with Gasteiger partial charge in [0.1, 0.15) is 17.3 Å². The average Bonchev–Trinajstić information content (AvgIpc) is 3.54. The van der Waals surface area contributed by atoms with Gasteiger partial charge in [-0.25, -0.2) is 8.78 Å². The zero-order valence-electron chi connectivity index (χ0n) is 19.3. The highest BCUT2D eigenvalue weighted by Gasteiger charge is 2.30. The van der Waals surface area contributed by atoms with Gasteiger partial charge in [-0.3, -0.25) is 4.79 Å². The molecule has 184 valence electrons. The number of halogens is 2. The summed E-state index contributed by atoms with van der Waals surface area (Å²) in [6, 6.07) is 11.7. The van der Waals surface area contributed by atoms with Gasteiger partial charge in [-0.1, -0.05) is 11.2 Å². The Balaban J connectivity index is 1.52. The van der Waals surface area contributed by atoms with Gasteiger partial charge in [-0.05, 0) is 55.3 Å². The van der Waals surface area contributed by atoms with Crippen molar-refractivity contribution in [2.24, 2.45) is 0 Å². The summed E-state index contributed by atoms with van der Waals surface area (Å²) in [5.41, 5.74) is 2.19. The molecule has 5 rings (SSSR count). The van der Waals surface area contributed by atoms with Gasteiger partial charge in [0, 0.05) is 37.4 Å². The first kappa shape index (κ1) is 23.4. The predicted molar refractivity (Wildman–Crippen MR) is 125 cm³/mol. The molecule has 2 saturated heterocycles. The molecule has 0 saturated carbocycles. The zero-order valence-corrected chi connectivity index (χ0v) is 19.3. The maximum Gasteiger partial charge on any atom is 0.254 e. The lowest BCUT2D eigenvalue weighted by atomic mass is 10.1. The normalized spacial score (nSPS) is 18.1. The SMILES string of the molecule is O=C(c1cccc(F)c1)N(Cc1c(-c2ccc(F)cc2)noc1N1CCOCC1)C[C@@H]1CCCO1. The van der Waals surface area contributed by atoms with Crippen LogP contribution in [0.5, 0.6) is 0 Å². The molecular formula is C26H27F2N3O4. The van der Waals surface area contributed by atoms with Gasteiger partial charge in [0.2, 0.25) is 5.88 Å². The van der Waals surface area contributed by atoms with E-state index in [0.717, 1.165) is 12.8 Å². The van der Waals surface area contributed by atoms with Gasteiger partial charge in [0.25, 0.3) is 5.91 Å². The first-order valence-electron chi connectivity index (χ1n) is 11.8. The molecule has 1 atom stereocenters. The molecule has 0 N–H and O–H groups in total. The third kappa shape index (κ3) is 5.36. The number of carbonyl (C=O) groups is 1. The zero-order chi connectivity index (χ0) is 24.2. The highest BCUT2D eigenvalue weighted by atomic mass is 19.1. The van der Waals surface area contributed by atoms with Crippen LogP contribution in [0.25, 0.3) is 11.3 Å². The van der Waals surface area contributed by atoms with Crippen molar-refractivity contribution in [1.29, 1.82) is 0 Å². The fourth-order valence-corrected chi connectivity index (χ4v) is 4.54. The molecule has 0 bridgehead atoms. The van der Waals surface area contributed by atoms with E-state index in [1.165, 1.54) is 30.3 Å². The standard InChI is InChI=1S/C26H27F2N3O4/c27-20-8-6-18(7-9-20)24-23(26(35-29-24)30-10-13-33-14-11-30)17-31(16-22-5-2-12-34-22)25(32)19-3-1-4-21(28)15-19/h1,3-4,6-9,15,22H,2,5,10-14,16-17H2/t22-/m0/s1. The highest BCUT2D eigenvalue weighted by molar-refractivity contribution is 5.94. The van der Waals surface area contributed by atoms with Gasteiger partial charge >= 0.3 is 0 Å². The van der Waals surface area contributed by atoms with Gasteiger partial charge in [-0.15, -0.1) is 0 Å². The third-order valence-electron chi connectivity index (χ3n) is 6.34. The molecule has 2 aliphatic rings. The Bertz CT molecular complexity index is 1160. The van der Waals surface area contributed by atoms with E-state index in [9.17, 15) is 13.6 Å². The molecule has 7 nitrogen and oxygen atoms in total. The van der Waals surface area contributed by atoms with E-state index in [1.54, 1.807) is 23.1 Å². The molecule has 1 aromatic heterocycles. The van der Waals surface area contributed by atoms with Crippen LogP contribution >= 0.6 is 0 Å². The van der Waals surface area contributed by atoms with Crippen LogP contribution in [0.1, 0.15) is 28.8 Å². The van der Waals surface area contributed by atoms with Crippen LogP contribution in [-0.2, 0) is 16.0 Å². The largest absolute Gasteiger partial charge is 0.378 e. The molecule has 35 heavy (non-hydrogen) atoms. The summed E-state index contributed by atoms with van der Waals surface area (Å²) in [6.07, 6.45) is 1.67. The monoisotopic (exact) mass is 483 g/mol. The fraction of sp³-hybridized carbons (Fsp3) is 0.385. The number of amides is 1. The number of ether oxygens (including phenoxy) is 2. The lowest BCUT2D eigenvalue weighted by Crippen LogP contribution is -2.39. The van der Waals surface area contributed by atoms with Crippen LogP contribution < -0.4 is 4.90 Å². The number of morpholine rings is 1. The van der Waals surface area contributed by atoms with E-state index < -0.39 is 5.82 Å². The Morgan fingerprint density at radius 2 is 1.86 bits per heavy atom. The van der Waals surface area contributed by atoms with Crippen molar-refractivity contribution in [2.75, 3.05) is 44.4 Å². The quantitative estimate of drug-likeness (QED) is 0.500. The number of benzene rings is 2. The molecule has 0 unspecified atom stereocenters. The van der Waals surface area contributed by atoms with Crippen LogP contribution in [0.3, 0.4) is 0 Å². The van der Waals surface area contributed by atoms with Crippen LogP contribution in [-0.4, -0.2) is 61.5 Å². The van der Waals surface area contributed by atoms with E-state index >= 15 is 0 Å². The van der Waals surface area contributed by atoms with E-state index in [0.29, 0.717) is 62.2 Å². The summed E-state index contributed by atoms with van der Waals surface area (Å²) in [5, 5.41) is 4.31. The Kier molecular flexibility index (Phi) is 7.06. The Labute approximate surface area is 202 Å². The van der Waals surface area contributed by atoms with Crippen molar-refractivity contribution < 1.29 is 27.6 Å². The number of carbonyl (C=O) groups excluding carboxylic acids is 1. The molecule has 0 radical (unpaired) electrons. The Morgan fingerprint density at radius 1 is 1.06 bits per heavy atom. The molecule has 2 aliphatic heterocycles. The number of nitrogens with zero attached hydrogens (tertiary/aromatic N) is 3. The summed E-state index contributed by atoms with van der Waals surface area (Å²) >= 11 is 0. The minimum atomic E-state index is -0.473. The van der Waals surface area contributed by atoms with E-state index in [-0.39, 0.29) is 29.9 Å². The summed E-state index contributed by atoms with van der Waals surface area (Å²) < 4.78 is 44.6. The molecular weight excluding hydrogens is 456 g/mol. The molecule has 9 heteroatoms. The minimum absolute atomic E-state index is 0.103. The maximum atomic E-state index is 13.9. The lowest BCUT2D eigenvalue weighted by Gasteiger charge is -2.29. The van der Waals surface area contributed by atoms with Gasteiger partial charge in [-0.2, -0.15) is 0 Å². The van der Waals surface area contributed by atoms with Crippen molar-refractivity contribution in [3.63, 3.8) is 0 Å². The molecule has 2 fully saturated rings. The number of hydrogen-bond donors (Lipinski definition) is 0. The van der Waals surface area contributed by atoms with E-state index in [4.69, 9.17) is 14.0 Å². The first-order chi connectivity index (χ1) is 17.1. The van der Waals surface area contributed by atoms with Crippen LogP contribution in [0, 0.1) is 11.6 Å². The van der Waals surface area contributed by atoms with Crippen molar-refractivity contribution in [3.8, 4) is 11.3 Å². The number of hydrogen-bond acceptors (Lipinski definition) is 6. The lowest BCUT2D eigenvalue weighted by molar-refractivity contribution is 0.0507. The van der Waals surface area contributed by atoms with Crippen molar-refractivity contribution in [2.45, 2.75) is 25.5 Å². The molecule has 3 aromatic rings. The molecule has 0 spiro atoms. The first-order valence-corrected chi connectivity index (χ1v) is 11.8. The predicted octanol–water partition coefficient (Wildman–Crippen LogP) is 4.28. The Hall–Kier alpha value is -3.30. The second-order valence-electron chi connectivity index (χ2n) is 8.75. The summed E-state index contributed by atoms with van der Waals surface area (Å²) in [4.78, 5) is 17.3. The van der Waals surface area contributed by atoms with Crippen molar-refractivity contribution in [3.05, 3.63) is 71.3 Å². The van der Waals surface area contributed by atoms with Crippen LogP contribution in [0.2, 0.25) is 0 Å². The van der Waals surface area contributed by atoms with E-state index in [2.05, 4.69) is 5.16 Å². The Morgan fingerprint density at radius 3 is 2.57 bits per heavy atom.